The first-order valence-corrected chi connectivity index (χ1v) is 9.19. The Morgan fingerprint density at radius 1 is 1.07 bits per heavy atom. The zero-order valence-corrected chi connectivity index (χ0v) is 15.8. The molecular weight excluding hydrogens is 374 g/mol. The maximum Gasteiger partial charge on any atom is 0.310 e. The summed E-state index contributed by atoms with van der Waals surface area (Å²) >= 11 is 0. The van der Waals surface area contributed by atoms with Crippen LogP contribution in [0.5, 0.6) is 5.75 Å². The first-order chi connectivity index (χ1) is 14.0. The number of hydrogen-bond acceptors (Lipinski definition) is 7. The largest absolute Gasteiger partial charge is 0.477 e. The number of nitro benzene ring substituents is 1. The number of nitro groups is 1. The molecule has 1 aromatic heterocycles. The lowest BCUT2D eigenvalue weighted by Gasteiger charge is -2.22. The molecule has 9 heteroatoms. The van der Waals surface area contributed by atoms with Crippen LogP contribution in [0.2, 0.25) is 0 Å². The van der Waals surface area contributed by atoms with Gasteiger partial charge in [0.1, 0.15) is 0 Å². The Kier molecular flexibility index (Phi) is 4.94. The first-order valence-electron chi connectivity index (χ1n) is 9.19. The van der Waals surface area contributed by atoms with Gasteiger partial charge < -0.3 is 9.64 Å². The number of anilines is 2. The van der Waals surface area contributed by atoms with Gasteiger partial charge in [0.05, 0.1) is 16.0 Å². The van der Waals surface area contributed by atoms with E-state index in [1.54, 1.807) is 17.0 Å². The molecule has 0 fully saturated rings. The van der Waals surface area contributed by atoms with Crippen molar-refractivity contribution in [2.45, 2.75) is 6.42 Å². The number of carbonyl (C=O) groups excluding carboxylic acids is 1. The lowest BCUT2D eigenvalue weighted by Crippen LogP contribution is -2.36. The van der Waals surface area contributed by atoms with Gasteiger partial charge in [0.15, 0.2) is 24.0 Å². The molecule has 0 N–H and O–H groups in total. The van der Waals surface area contributed by atoms with E-state index in [1.165, 1.54) is 12.1 Å². The molecule has 0 saturated carbocycles. The van der Waals surface area contributed by atoms with Crippen molar-refractivity contribution in [3.8, 4) is 5.75 Å². The minimum absolute atomic E-state index is 0.0580. The third kappa shape index (κ3) is 3.66. The van der Waals surface area contributed by atoms with E-state index in [0.717, 1.165) is 18.5 Å². The van der Waals surface area contributed by atoms with E-state index in [4.69, 9.17) is 4.74 Å². The molecule has 3 aromatic rings. The molecule has 1 aliphatic heterocycles. The van der Waals surface area contributed by atoms with Crippen LogP contribution in [0.1, 0.15) is 6.42 Å². The van der Waals surface area contributed by atoms with Gasteiger partial charge in [0.25, 0.3) is 5.91 Å². The summed E-state index contributed by atoms with van der Waals surface area (Å²) in [6, 6.07) is 13.5. The van der Waals surface area contributed by atoms with Crippen molar-refractivity contribution < 1.29 is 14.5 Å². The predicted octanol–water partition coefficient (Wildman–Crippen LogP) is 2.79. The molecule has 0 saturated heterocycles. The Hall–Kier alpha value is -3.75. The summed E-state index contributed by atoms with van der Waals surface area (Å²) in [5, 5.41) is 11.1. The van der Waals surface area contributed by atoms with E-state index < -0.39 is 4.92 Å². The SMILES string of the molecule is CN1CCCN(C(=O)COc2ccccc2[N+](=O)[O-])c2nc3ccccc3nc21. The molecule has 2 heterocycles. The third-order valence-corrected chi connectivity index (χ3v) is 4.74. The van der Waals surface area contributed by atoms with Crippen LogP contribution in [0.3, 0.4) is 0 Å². The van der Waals surface area contributed by atoms with Crippen molar-refractivity contribution in [3.05, 3.63) is 58.6 Å². The molecule has 0 spiro atoms. The molecule has 29 heavy (non-hydrogen) atoms. The van der Waals surface area contributed by atoms with E-state index in [9.17, 15) is 14.9 Å². The number of aromatic nitrogens is 2. The first kappa shape index (κ1) is 18.6. The van der Waals surface area contributed by atoms with Crippen molar-refractivity contribution >= 4 is 34.3 Å². The molecule has 0 unspecified atom stereocenters. The molecule has 0 radical (unpaired) electrons. The van der Waals surface area contributed by atoms with E-state index in [0.29, 0.717) is 23.7 Å². The van der Waals surface area contributed by atoms with Gasteiger partial charge in [0.2, 0.25) is 0 Å². The topological polar surface area (TPSA) is 102 Å². The summed E-state index contributed by atoms with van der Waals surface area (Å²) in [7, 11) is 1.92. The van der Waals surface area contributed by atoms with Crippen LogP contribution in [-0.2, 0) is 4.79 Å². The van der Waals surface area contributed by atoms with Crippen molar-refractivity contribution in [3.63, 3.8) is 0 Å². The molecule has 2 aromatic carbocycles. The maximum atomic E-state index is 13.0. The Morgan fingerprint density at radius 3 is 2.45 bits per heavy atom. The van der Waals surface area contributed by atoms with Gasteiger partial charge in [-0.05, 0) is 24.6 Å². The van der Waals surface area contributed by atoms with Crippen LogP contribution in [0.15, 0.2) is 48.5 Å². The number of amides is 1. The number of ether oxygens (including phenoxy) is 1. The molecule has 1 amide bonds. The van der Waals surface area contributed by atoms with Gasteiger partial charge in [-0.1, -0.05) is 24.3 Å². The highest BCUT2D eigenvalue weighted by atomic mass is 16.6. The summed E-state index contributed by atoms with van der Waals surface area (Å²) in [5.41, 5.74) is 1.27. The summed E-state index contributed by atoms with van der Waals surface area (Å²) < 4.78 is 5.49. The van der Waals surface area contributed by atoms with Gasteiger partial charge in [-0.2, -0.15) is 0 Å². The van der Waals surface area contributed by atoms with Crippen molar-refractivity contribution in [2.75, 3.05) is 36.5 Å². The van der Waals surface area contributed by atoms with Gasteiger partial charge in [-0.15, -0.1) is 0 Å². The molecular formula is C20H19N5O4. The Morgan fingerprint density at radius 2 is 1.72 bits per heavy atom. The van der Waals surface area contributed by atoms with Crippen molar-refractivity contribution in [2.24, 2.45) is 0 Å². The highest BCUT2D eigenvalue weighted by Crippen LogP contribution is 2.31. The monoisotopic (exact) mass is 393 g/mol. The normalized spacial score (nSPS) is 13.7. The lowest BCUT2D eigenvalue weighted by molar-refractivity contribution is -0.385. The van der Waals surface area contributed by atoms with Crippen molar-refractivity contribution in [1.82, 2.24) is 9.97 Å². The average Bonchev–Trinajstić information content (AvgIpc) is 2.89. The molecule has 0 atom stereocenters. The number of nitrogens with zero attached hydrogens (tertiary/aromatic N) is 5. The predicted molar refractivity (Wildman–Crippen MR) is 108 cm³/mol. The van der Waals surface area contributed by atoms with Crippen LogP contribution in [0.4, 0.5) is 17.3 Å². The smallest absolute Gasteiger partial charge is 0.310 e. The molecule has 148 valence electrons. The Balaban J connectivity index is 1.63. The molecule has 4 rings (SSSR count). The highest BCUT2D eigenvalue weighted by Gasteiger charge is 2.27. The second-order valence-corrected chi connectivity index (χ2v) is 6.69. The van der Waals surface area contributed by atoms with E-state index in [1.807, 2.05) is 36.2 Å². The van der Waals surface area contributed by atoms with Gasteiger partial charge in [0, 0.05) is 26.2 Å². The summed E-state index contributed by atoms with van der Waals surface area (Å²) in [5.74, 6) is 0.826. The minimum atomic E-state index is -0.534. The number of carbonyl (C=O) groups is 1. The second kappa shape index (κ2) is 7.70. The number of para-hydroxylation sites is 4. The van der Waals surface area contributed by atoms with E-state index >= 15 is 0 Å². The second-order valence-electron chi connectivity index (χ2n) is 6.69. The fourth-order valence-electron chi connectivity index (χ4n) is 3.29. The van der Waals surface area contributed by atoms with Crippen LogP contribution >= 0.6 is 0 Å². The van der Waals surface area contributed by atoms with Gasteiger partial charge in [-0.25, -0.2) is 9.97 Å². The summed E-state index contributed by atoms with van der Waals surface area (Å²) in [6.07, 6.45) is 0.738. The van der Waals surface area contributed by atoms with E-state index in [2.05, 4.69) is 9.97 Å². The quantitative estimate of drug-likeness (QED) is 0.496. The molecule has 0 bridgehead atoms. The number of hydrogen-bond donors (Lipinski definition) is 0. The summed E-state index contributed by atoms with van der Waals surface area (Å²) in [4.78, 5) is 36.4. The van der Waals surface area contributed by atoms with Gasteiger partial charge in [-0.3, -0.25) is 19.8 Å². The van der Waals surface area contributed by atoms with Crippen molar-refractivity contribution in [1.29, 1.82) is 0 Å². The fourth-order valence-corrected chi connectivity index (χ4v) is 3.29. The Labute approximate surface area is 166 Å². The standard InChI is InChI=1S/C20H19N5O4/c1-23-11-6-12-24(20-19(23)21-14-7-2-3-8-15(14)22-20)18(26)13-29-17-10-5-4-9-16(17)25(27)28/h2-5,7-10H,6,11-13H2,1H3. The third-order valence-electron chi connectivity index (χ3n) is 4.74. The average molecular weight is 393 g/mol. The van der Waals surface area contributed by atoms with Crippen LogP contribution in [0.25, 0.3) is 11.0 Å². The minimum Gasteiger partial charge on any atom is -0.477 e. The van der Waals surface area contributed by atoms with Crippen LogP contribution in [0, 0.1) is 10.1 Å². The fraction of sp³-hybridized carbons (Fsp3) is 0.250. The number of benzene rings is 2. The zero-order chi connectivity index (χ0) is 20.4. The van der Waals surface area contributed by atoms with Gasteiger partial charge >= 0.3 is 5.69 Å². The lowest BCUT2D eigenvalue weighted by atomic mass is 10.3. The molecule has 0 aliphatic carbocycles. The zero-order valence-electron chi connectivity index (χ0n) is 15.8. The van der Waals surface area contributed by atoms with Crippen LogP contribution in [-0.4, -0.2) is 47.5 Å². The number of rotatable bonds is 4. The Bertz CT molecular complexity index is 1090. The molecule has 9 nitrogen and oxygen atoms in total. The van der Waals surface area contributed by atoms with Crippen LogP contribution < -0.4 is 14.5 Å². The number of fused-ring (bicyclic) bond motifs is 2. The summed E-state index contributed by atoms with van der Waals surface area (Å²) in [6.45, 7) is 0.862. The highest BCUT2D eigenvalue weighted by molar-refractivity contribution is 5.97. The molecule has 1 aliphatic rings. The van der Waals surface area contributed by atoms with E-state index in [-0.39, 0.29) is 24.0 Å². The maximum absolute atomic E-state index is 13.0.